The molecule has 0 spiro atoms. The van der Waals surface area contributed by atoms with Gasteiger partial charge < -0.3 is 14.2 Å². The highest BCUT2D eigenvalue weighted by Crippen LogP contribution is 2.46. The molecule has 0 amide bonds. The van der Waals surface area contributed by atoms with E-state index in [1.807, 2.05) is 0 Å². The third-order valence-corrected chi connectivity index (χ3v) is 16.1. The molecule has 0 radical (unpaired) electrons. The lowest BCUT2D eigenvalue weighted by Gasteiger charge is -2.37. The molecule has 4 heteroatoms. The molecular weight excluding hydrogens is 436 g/mol. The second-order valence-corrected chi connectivity index (χ2v) is 17.6. The quantitative estimate of drug-likeness (QED) is 0.295. The topological polar surface area (TPSA) is 37.6 Å². The lowest BCUT2D eigenvalue weighted by Crippen LogP contribution is -2.48. The van der Waals surface area contributed by atoms with E-state index in [4.69, 9.17) is 14.2 Å². The van der Waals surface area contributed by atoms with E-state index >= 15 is 0 Å². The average molecular weight is 481 g/mol. The van der Waals surface area contributed by atoms with Crippen molar-refractivity contribution < 1.29 is 14.2 Å². The molecule has 3 nitrogen and oxygen atoms in total. The standard InChI is InChI=1S/C30H44O3Si/c1-2-4-24(5-3-1)34(15-12-21-6-9-25-28(18-21)31-25,16-13-22-7-10-26-29(19-22)32-26)17-14-23-8-11-27-30(20-23)33-27/h1-5,21-23,25-30H,6-20H2. The Bertz CT molecular complexity index is 766. The van der Waals surface area contributed by atoms with Crippen LogP contribution < -0.4 is 5.19 Å². The first-order valence-electron chi connectivity index (χ1n) is 14.8. The Labute approximate surface area is 207 Å². The first kappa shape index (κ1) is 22.5. The summed E-state index contributed by atoms with van der Waals surface area (Å²) >= 11 is 0. The summed E-state index contributed by atoms with van der Waals surface area (Å²) in [5.74, 6) is 2.72. The Kier molecular flexibility index (Phi) is 6.17. The van der Waals surface area contributed by atoms with E-state index in [9.17, 15) is 0 Å². The fourth-order valence-corrected chi connectivity index (χ4v) is 13.7. The van der Waals surface area contributed by atoms with Crippen molar-refractivity contribution in [2.45, 2.75) is 132 Å². The van der Waals surface area contributed by atoms with Gasteiger partial charge in [0.1, 0.15) is 0 Å². The van der Waals surface area contributed by atoms with Crippen LogP contribution in [0.3, 0.4) is 0 Å². The Balaban J connectivity index is 1.08. The van der Waals surface area contributed by atoms with E-state index in [0.29, 0.717) is 36.6 Å². The molecule has 3 saturated heterocycles. The van der Waals surface area contributed by atoms with Crippen LogP contribution in [-0.4, -0.2) is 44.7 Å². The lowest BCUT2D eigenvalue weighted by atomic mass is 9.87. The van der Waals surface area contributed by atoms with Crippen molar-refractivity contribution in [3.05, 3.63) is 30.3 Å². The largest absolute Gasteiger partial charge is 0.370 e. The van der Waals surface area contributed by atoms with Crippen LogP contribution in [0.5, 0.6) is 0 Å². The van der Waals surface area contributed by atoms with Crippen LogP contribution in [0.25, 0.3) is 0 Å². The summed E-state index contributed by atoms with van der Waals surface area (Å²) < 4.78 is 17.7. The molecule has 0 aromatic heterocycles. The summed E-state index contributed by atoms with van der Waals surface area (Å²) in [6.07, 6.45) is 20.3. The average Bonchev–Trinajstić information content (AvgIpc) is 3.76. The van der Waals surface area contributed by atoms with Crippen molar-refractivity contribution >= 4 is 13.3 Å². The highest BCUT2D eigenvalue weighted by Gasteiger charge is 2.47. The van der Waals surface area contributed by atoms with Crippen molar-refractivity contribution in [2.24, 2.45) is 17.8 Å². The van der Waals surface area contributed by atoms with Gasteiger partial charge in [0, 0.05) is 0 Å². The van der Waals surface area contributed by atoms with Gasteiger partial charge in [0.05, 0.1) is 44.7 Å². The van der Waals surface area contributed by atoms with Gasteiger partial charge >= 0.3 is 0 Å². The Morgan fingerprint density at radius 2 is 0.941 bits per heavy atom. The zero-order valence-corrected chi connectivity index (χ0v) is 21.9. The molecule has 3 aliphatic heterocycles. The van der Waals surface area contributed by atoms with Crippen LogP contribution in [0.2, 0.25) is 18.1 Å². The van der Waals surface area contributed by atoms with Gasteiger partial charge in [-0.2, -0.15) is 0 Å². The van der Waals surface area contributed by atoms with Crippen molar-refractivity contribution in [1.29, 1.82) is 0 Å². The third-order valence-electron chi connectivity index (χ3n) is 10.8. The molecule has 0 N–H and O–H groups in total. The lowest BCUT2D eigenvalue weighted by molar-refractivity contribution is 0.352. The highest BCUT2D eigenvalue weighted by atomic mass is 28.3. The second-order valence-electron chi connectivity index (χ2n) is 12.9. The zero-order chi connectivity index (χ0) is 22.5. The monoisotopic (exact) mass is 480 g/mol. The van der Waals surface area contributed by atoms with Gasteiger partial charge in [-0.1, -0.05) is 72.9 Å². The zero-order valence-electron chi connectivity index (χ0n) is 20.9. The maximum absolute atomic E-state index is 5.89. The fraction of sp³-hybridized carbons (Fsp3) is 0.800. The van der Waals surface area contributed by atoms with Gasteiger partial charge in [-0.25, -0.2) is 0 Å². The summed E-state index contributed by atoms with van der Waals surface area (Å²) in [5, 5.41) is 1.76. The Morgan fingerprint density at radius 1 is 0.529 bits per heavy atom. The summed E-state index contributed by atoms with van der Waals surface area (Å²) in [6.45, 7) is 0. The van der Waals surface area contributed by atoms with E-state index in [1.54, 1.807) is 5.19 Å². The first-order valence-corrected chi connectivity index (χ1v) is 17.4. The van der Waals surface area contributed by atoms with Gasteiger partial charge in [-0.15, -0.1) is 0 Å². The van der Waals surface area contributed by atoms with Crippen LogP contribution in [0.4, 0.5) is 0 Å². The van der Waals surface area contributed by atoms with Gasteiger partial charge in [-0.05, 0) is 75.5 Å². The minimum Gasteiger partial charge on any atom is -0.370 e. The molecule has 34 heavy (non-hydrogen) atoms. The van der Waals surface area contributed by atoms with Crippen LogP contribution in [-0.2, 0) is 14.2 Å². The van der Waals surface area contributed by atoms with E-state index in [1.165, 1.54) is 95.2 Å². The summed E-state index contributed by atoms with van der Waals surface area (Å²) in [5.41, 5.74) is 0. The van der Waals surface area contributed by atoms with Crippen LogP contribution >= 0.6 is 0 Å². The number of hydrogen-bond donors (Lipinski definition) is 0. The van der Waals surface area contributed by atoms with E-state index < -0.39 is 8.07 Å². The normalized spacial score (nSPS) is 43.7. The Hall–Kier alpha value is -0.683. The Morgan fingerprint density at radius 3 is 1.32 bits per heavy atom. The van der Waals surface area contributed by atoms with Gasteiger partial charge in [0.15, 0.2) is 0 Å². The molecule has 186 valence electrons. The van der Waals surface area contributed by atoms with Gasteiger partial charge in [0.2, 0.25) is 0 Å². The summed E-state index contributed by atoms with van der Waals surface area (Å²) in [7, 11) is -1.57. The number of hydrogen-bond acceptors (Lipinski definition) is 3. The second kappa shape index (κ2) is 9.32. The van der Waals surface area contributed by atoms with Crippen LogP contribution in [0.1, 0.15) is 77.0 Å². The van der Waals surface area contributed by atoms with E-state index in [0.717, 1.165) is 17.8 Å². The first-order chi connectivity index (χ1) is 16.7. The van der Waals surface area contributed by atoms with Crippen LogP contribution in [0.15, 0.2) is 30.3 Å². The minimum absolute atomic E-state index is 0.619. The molecule has 6 fully saturated rings. The molecule has 9 unspecified atom stereocenters. The smallest absolute Gasteiger partial charge is 0.0867 e. The number of fused-ring (bicyclic) bond motifs is 3. The molecule has 3 saturated carbocycles. The predicted octanol–water partition coefficient (Wildman–Crippen LogP) is 6.22. The van der Waals surface area contributed by atoms with Crippen molar-refractivity contribution in [3.8, 4) is 0 Å². The van der Waals surface area contributed by atoms with Crippen molar-refractivity contribution in [2.75, 3.05) is 0 Å². The number of rotatable bonds is 10. The molecule has 1 aromatic rings. The maximum Gasteiger partial charge on any atom is 0.0867 e. The highest BCUT2D eigenvalue weighted by molar-refractivity contribution is 6.91. The molecule has 3 heterocycles. The van der Waals surface area contributed by atoms with Crippen molar-refractivity contribution in [3.63, 3.8) is 0 Å². The molecule has 1 aromatic carbocycles. The molecular formula is C30H44O3Si. The molecule has 7 rings (SSSR count). The van der Waals surface area contributed by atoms with Crippen molar-refractivity contribution in [1.82, 2.24) is 0 Å². The molecule has 9 atom stereocenters. The predicted molar refractivity (Wildman–Crippen MR) is 138 cm³/mol. The maximum atomic E-state index is 5.89. The summed E-state index contributed by atoms with van der Waals surface area (Å²) in [6, 6.07) is 16.4. The molecule has 0 bridgehead atoms. The van der Waals surface area contributed by atoms with Crippen LogP contribution in [0, 0.1) is 17.8 Å². The fourth-order valence-electron chi connectivity index (χ4n) is 8.29. The van der Waals surface area contributed by atoms with Gasteiger partial charge in [0.25, 0.3) is 0 Å². The molecule has 6 aliphatic rings. The van der Waals surface area contributed by atoms with E-state index in [-0.39, 0.29) is 0 Å². The number of epoxide rings is 3. The summed E-state index contributed by atoms with van der Waals surface area (Å²) in [4.78, 5) is 0. The molecule has 3 aliphatic carbocycles. The number of benzene rings is 1. The minimum atomic E-state index is -1.57. The van der Waals surface area contributed by atoms with E-state index in [2.05, 4.69) is 30.3 Å². The number of ether oxygens (including phenoxy) is 3. The van der Waals surface area contributed by atoms with Gasteiger partial charge in [-0.3, -0.25) is 0 Å². The third kappa shape index (κ3) is 4.94. The SMILES string of the molecule is c1ccc([Si](CCC2CCC3OC3C2)(CCC2CCC3OC3C2)CCC2CCC3OC3C2)cc1.